The Labute approximate surface area is 96.6 Å². The highest BCUT2D eigenvalue weighted by Crippen LogP contribution is 2.25. The number of ketones is 1. The molecule has 1 rings (SSSR count). The van der Waals surface area contributed by atoms with E-state index in [2.05, 4.69) is 13.8 Å². The molecule has 0 fully saturated rings. The van der Waals surface area contributed by atoms with E-state index < -0.39 is 6.04 Å². The first-order valence-electron chi connectivity index (χ1n) is 5.45. The summed E-state index contributed by atoms with van der Waals surface area (Å²) in [4.78, 5) is 11.9. The lowest BCUT2D eigenvalue weighted by Gasteiger charge is -2.13. The predicted octanol–water partition coefficient (Wildman–Crippen LogP) is 2.35. The number of hydrogen-bond acceptors (Lipinski definition) is 3. The molecule has 0 aromatic heterocycles. The highest BCUT2D eigenvalue weighted by molar-refractivity contribution is 6.02. The largest absolute Gasteiger partial charge is 0.496 e. The summed E-state index contributed by atoms with van der Waals surface area (Å²) in [6, 6.07) is 5.16. The Balaban J connectivity index is 3.22. The van der Waals surface area contributed by atoms with Gasteiger partial charge in [-0.1, -0.05) is 19.9 Å². The fraction of sp³-hybridized carbons (Fsp3) is 0.462. The van der Waals surface area contributed by atoms with Crippen molar-refractivity contribution in [3.63, 3.8) is 0 Å². The van der Waals surface area contributed by atoms with Crippen LogP contribution in [0, 0.1) is 0 Å². The smallest absolute Gasteiger partial charge is 0.182 e. The number of carbonyl (C=O) groups excluding carboxylic acids is 1. The van der Waals surface area contributed by atoms with Gasteiger partial charge < -0.3 is 10.5 Å². The molecule has 3 nitrogen and oxygen atoms in total. The Morgan fingerprint density at radius 3 is 2.38 bits per heavy atom. The molecular weight excluding hydrogens is 202 g/mol. The van der Waals surface area contributed by atoms with Crippen molar-refractivity contribution in [1.29, 1.82) is 0 Å². The third-order valence-electron chi connectivity index (χ3n) is 2.57. The quantitative estimate of drug-likeness (QED) is 0.794. The molecule has 0 bridgehead atoms. The first kappa shape index (κ1) is 12.7. The molecule has 1 aromatic rings. The number of methoxy groups -OCH3 is 1. The fourth-order valence-corrected chi connectivity index (χ4v) is 1.52. The van der Waals surface area contributed by atoms with Gasteiger partial charge in [-0.15, -0.1) is 0 Å². The second kappa shape index (κ2) is 5.12. The van der Waals surface area contributed by atoms with Crippen LogP contribution in [0.5, 0.6) is 5.75 Å². The van der Waals surface area contributed by atoms with E-state index in [9.17, 15) is 4.79 Å². The Morgan fingerprint density at radius 1 is 1.31 bits per heavy atom. The number of hydrogen-bond donors (Lipinski definition) is 1. The van der Waals surface area contributed by atoms with Gasteiger partial charge >= 0.3 is 0 Å². The predicted molar refractivity (Wildman–Crippen MR) is 65.1 cm³/mol. The summed E-state index contributed by atoms with van der Waals surface area (Å²) in [5.41, 5.74) is 7.30. The summed E-state index contributed by atoms with van der Waals surface area (Å²) in [5.74, 6) is 0.886. The lowest BCUT2D eigenvalue weighted by atomic mass is 9.96. The SMILES string of the molecule is COc1ccc(C(C)C)cc1C(=O)C(C)N. The van der Waals surface area contributed by atoms with Gasteiger partial charge in [-0.3, -0.25) is 4.79 Å². The monoisotopic (exact) mass is 221 g/mol. The van der Waals surface area contributed by atoms with E-state index in [0.717, 1.165) is 5.56 Å². The van der Waals surface area contributed by atoms with Gasteiger partial charge in [0.15, 0.2) is 5.78 Å². The second-order valence-corrected chi connectivity index (χ2v) is 4.27. The molecule has 0 heterocycles. The van der Waals surface area contributed by atoms with Crippen LogP contribution in [0.4, 0.5) is 0 Å². The number of nitrogens with two attached hydrogens (primary N) is 1. The first-order valence-corrected chi connectivity index (χ1v) is 5.45. The number of rotatable bonds is 4. The fourth-order valence-electron chi connectivity index (χ4n) is 1.52. The van der Waals surface area contributed by atoms with Crippen LogP contribution in [0.2, 0.25) is 0 Å². The molecule has 0 saturated carbocycles. The standard InChI is InChI=1S/C13H19NO2/c1-8(2)10-5-6-12(16-4)11(7-10)13(15)9(3)14/h5-9H,14H2,1-4H3. The van der Waals surface area contributed by atoms with E-state index in [1.807, 2.05) is 18.2 Å². The Morgan fingerprint density at radius 2 is 1.94 bits per heavy atom. The van der Waals surface area contributed by atoms with Crippen LogP contribution in [-0.2, 0) is 0 Å². The summed E-state index contributed by atoms with van der Waals surface area (Å²) in [5, 5.41) is 0. The topological polar surface area (TPSA) is 52.3 Å². The van der Waals surface area contributed by atoms with Crippen LogP contribution in [0.25, 0.3) is 0 Å². The van der Waals surface area contributed by atoms with Crippen LogP contribution in [0.15, 0.2) is 18.2 Å². The Bertz CT molecular complexity index is 384. The molecule has 0 spiro atoms. The highest BCUT2D eigenvalue weighted by atomic mass is 16.5. The minimum atomic E-state index is -0.503. The van der Waals surface area contributed by atoms with Gasteiger partial charge in [0.2, 0.25) is 0 Å². The molecule has 3 heteroatoms. The van der Waals surface area contributed by atoms with Crippen molar-refractivity contribution < 1.29 is 9.53 Å². The van der Waals surface area contributed by atoms with E-state index in [-0.39, 0.29) is 5.78 Å². The van der Waals surface area contributed by atoms with Crippen molar-refractivity contribution in [3.05, 3.63) is 29.3 Å². The van der Waals surface area contributed by atoms with Gasteiger partial charge in [0.05, 0.1) is 18.7 Å². The minimum Gasteiger partial charge on any atom is -0.496 e. The third-order valence-corrected chi connectivity index (χ3v) is 2.57. The summed E-state index contributed by atoms with van der Waals surface area (Å²) < 4.78 is 5.17. The normalized spacial score (nSPS) is 12.6. The molecule has 0 amide bonds. The average molecular weight is 221 g/mol. The summed E-state index contributed by atoms with van der Waals surface area (Å²) in [6.45, 7) is 5.85. The molecule has 0 radical (unpaired) electrons. The van der Waals surface area contributed by atoms with Gasteiger partial charge in [0, 0.05) is 0 Å². The van der Waals surface area contributed by atoms with E-state index in [0.29, 0.717) is 17.2 Å². The summed E-state index contributed by atoms with van der Waals surface area (Å²) >= 11 is 0. The molecule has 0 aliphatic rings. The Hall–Kier alpha value is -1.35. The second-order valence-electron chi connectivity index (χ2n) is 4.27. The van der Waals surface area contributed by atoms with Gasteiger partial charge in [-0.2, -0.15) is 0 Å². The van der Waals surface area contributed by atoms with Crippen molar-refractivity contribution in [2.24, 2.45) is 5.73 Å². The summed E-state index contributed by atoms with van der Waals surface area (Å²) in [6.07, 6.45) is 0. The van der Waals surface area contributed by atoms with E-state index >= 15 is 0 Å². The highest BCUT2D eigenvalue weighted by Gasteiger charge is 2.17. The van der Waals surface area contributed by atoms with Crippen LogP contribution < -0.4 is 10.5 Å². The molecule has 0 aliphatic carbocycles. The molecule has 88 valence electrons. The van der Waals surface area contributed by atoms with Crippen molar-refractivity contribution in [2.45, 2.75) is 32.7 Å². The van der Waals surface area contributed by atoms with Crippen LogP contribution in [-0.4, -0.2) is 18.9 Å². The maximum absolute atomic E-state index is 11.9. The zero-order valence-electron chi connectivity index (χ0n) is 10.3. The van der Waals surface area contributed by atoms with E-state index in [1.165, 1.54) is 0 Å². The summed E-state index contributed by atoms with van der Waals surface area (Å²) in [7, 11) is 1.56. The molecule has 1 atom stereocenters. The molecule has 0 aliphatic heterocycles. The Kier molecular flexibility index (Phi) is 4.07. The van der Waals surface area contributed by atoms with Gasteiger partial charge in [-0.05, 0) is 30.5 Å². The van der Waals surface area contributed by atoms with Crippen molar-refractivity contribution in [3.8, 4) is 5.75 Å². The molecule has 1 aromatic carbocycles. The molecular formula is C13H19NO2. The zero-order chi connectivity index (χ0) is 12.3. The van der Waals surface area contributed by atoms with Gasteiger partial charge in [-0.25, -0.2) is 0 Å². The molecule has 0 saturated heterocycles. The van der Waals surface area contributed by atoms with Crippen LogP contribution in [0.3, 0.4) is 0 Å². The van der Waals surface area contributed by atoms with E-state index in [1.54, 1.807) is 14.0 Å². The average Bonchev–Trinajstić information content (AvgIpc) is 2.26. The van der Waals surface area contributed by atoms with Gasteiger partial charge in [0.25, 0.3) is 0 Å². The number of ether oxygens (including phenoxy) is 1. The van der Waals surface area contributed by atoms with Gasteiger partial charge in [0.1, 0.15) is 5.75 Å². The van der Waals surface area contributed by atoms with Crippen LogP contribution in [0.1, 0.15) is 42.6 Å². The minimum absolute atomic E-state index is 0.0839. The third kappa shape index (κ3) is 2.61. The van der Waals surface area contributed by atoms with E-state index in [4.69, 9.17) is 10.5 Å². The zero-order valence-corrected chi connectivity index (χ0v) is 10.3. The first-order chi connectivity index (χ1) is 7.47. The molecule has 2 N–H and O–H groups in total. The van der Waals surface area contributed by atoms with Crippen molar-refractivity contribution >= 4 is 5.78 Å². The number of Topliss-reactive ketones (excluding diaryl/α,β-unsaturated/α-hetero) is 1. The van der Waals surface area contributed by atoms with Crippen molar-refractivity contribution in [2.75, 3.05) is 7.11 Å². The van der Waals surface area contributed by atoms with Crippen molar-refractivity contribution in [1.82, 2.24) is 0 Å². The maximum Gasteiger partial charge on any atom is 0.182 e. The lowest BCUT2D eigenvalue weighted by molar-refractivity contribution is 0.0965. The molecule has 16 heavy (non-hydrogen) atoms. The lowest BCUT2D eigenvalue weighted by Crippen LogP contribution is -2.27. The number of benzene rings is 1. The van der Waals surface area contributed by atoms with Crippen LogP contribution >= 0.6 is 0 Å². The maximum atomic E-state index is 11.9. The molecule has 1 unspecified atom stereocenters. The number of carbonyl (C=O) groups is 1.